The Morgan fingerprint density at radius 2 is 1.96 bits per heavy atom. The van der Waals surface area contributed by atoms with E-state index in [0.29, 0.717) is 17.6 Å². The minimum atomic E-state index is -0.483. The molecule has 0 aromatic rings. The molecule has 1 amide bonds. The van der Waals surface area contributed by atoms with Crippen molar-refractivity contribution in [1.82, 2.24) is 10.2 Å². The molecular weight excluding hydrogens is 310 g/mol. The molecule has 23 heavy (non-hydrogen) atoms. The monoisotopic (exact) mass is 343 g/mol. The minimum absolute atomic E-state index is 0.107. The summed E-state index contributed by atoms with van der Waals surface area (Å²) in [5.41, 5.74) is -0.483. The Morgan fingerprint density at radius 3 is 2.48 bits per heavy atom. The van der Waals surface area contributed by atoms with Crippen LogP contribution in [0.2, 0.25) is 0 Å². The fourth-order valence-corrected chi connectivity index (χ4v) is 3.28. The topological polar surface area (TPSA) is 65.4 Å². The van der Waals surface area contributed by atoms with E-state index in [-0.39, 0.29) is 12.1 Å². The quantitative estimate of drug-likeness (QED) is 0.583. The van der Waals surface area contributed by atoms with Crippen molar-refractivity contribution in [2.75, 3.05) is 19.8 Å². The average molecular weight is 344 g/mol. The second kappa shape index (κ2) is 9.40. The summed E-state index contributed by atoms with van der Waals surface area (Å²) in [6.07, 6.45) is 9.08. The zero-order valence-electron chi connectivity index (χ0n) is 15.3. The van der Waals surface area contributed by atoms with E-state index in [9.17, 15) is 4.79 Å². The van der Waals surface area contributed by atoms with Crippen LogP contribution in [0.15, 0.2) is 0 Å². The van der Waals surface area contributed by atoms with Crippen LogP contribution in [-0.2, 0) is 4.74 Å². The summed E-state index contributed by atoms with van der Waals surface area (Å²) >= 11 is 1.40. The highest BCUT2D eigenvalue weighted by Crippen LogP contribution is 2.27. The standard InChI is InChI=1S/C17H33N3O2S/c1-17(2,3)22-16(21)20(4)12-14(19-15(18)23-5)11-13-9-7-6-8-10-13/h13-14H,6-12H2,1-5H3,(H2,18,19)/t14-/m0/s1. The number of carbonyl (C=O) groups excluding carboxylic acids is 1. The van der Waals surface area contributed by atoms with Crippen molar-refractivity contribution >= 4 is 23.0 Å². The molecule has 1 fully saturated rings. The van der Waals surface area contributed by atoms with Crippen LogP contribution in [0, 0.1) is 11.3 Å². The lowest BCUT2D eigenvalue weighted by Gasteiger charge is -2.31. The third-order valence-corrected chi connectivity index (χ3v) is 4.61. The minimum Gasteiger partial charge on any atom is -0.444 e. The molecule has 0 aliphatic heterocycles. The Balaban J connectivity index is 2.59. The van der Waals surface area contributed by atoms with Crippen LogP contribution in [0.4, 0.5) is 4.79 Å². The van der Waals surface area contributed by atoms with Gasteiger partial charge >= 0.3 is 6.09 Å². The van der Waals surface area contributed by atoms with E-state index in [1.54, 1.807) is 11.9 Å². The van der Waals surface area contributed by atoms with Crippen LogP contribution in [0.3, 0.4) is 0 Å². The molecule has 0 bridgehead atoms. The third kappa shape index (κ3) is 8.49. The van der Waals surface area contributed by atoms with Crippen molar-refractivity contribution < 1.29 is 9.53 Å². The van der Waals surface area contributed by atoms with Crippen molar-refractivity contribution in [3.05, 3.63) is 0 Å². The number of nitrogens with one attached hydrogen (secondary N) is 2. The number of likely N-dealkylation sites (N-methyl/N-ethyl adjacent to an activating group) is 1. The summed E-state index contributed by atoms with van der Waals surface area (Å²) in [6.45, 7) is 6.19. The van der Waals surface area contributed by atoms with E-state index in [1.165, 1.54) is 43.9 Å². The van der Waals surface area contributed by atoms with Crippen molar-refractivity contribution in [2.45, 2.75) is 70.9 Å². The molecule has 1 aliphatic carbocycles. The van der Waals surface area contributed by atoms with Gasteiger partial charge < -0.3 is 15.0 Å². The van der Waals surface area contributed by atoms with E-state index in [2.05, 4.69) is 5.32 Å². The zero-order chi connectivity index (χ0) is 17.5. The van der Waals surface area contributed by atoms with Gasteiger partial charge in [-0.3, -0.25) is 5.41 Å². The number of ether oxygens (including phenoxy) is 1. The van der Waals surface area contributed by atoms with E-state index >= 15 is 0 Å². The van der Waals surface area contributed by atoms with Gasteiger partial charge in [-0.05, 0) is 39.4 Å². The Bertz CT molecular complexity index is 390. The molecule has 0 spiro atoms. The number of rotatable bonds is 5. The number of carbonyl (C=O) groups is 1. The Morgan fingerprint density at radius 1 is 1.35 bits per heavy atom. The second-order valence-corrected chi connectivity index (χ2v) is 8.29. The molecule has 0 aromatic carbocycles. The first-order valence-electron chi connectivity index (χ1n) is 8.54. The van der Waals surface area contributed by atoms with Crippen LogP contribution in [0.5, 0.6) is 0 Å². The molecule has 1 aliphatic rings. The van der Waals surface area contributed by atoms with Gasteiger partial charge in [0.25, 0.3) is 0 Å². The molecule has 0 heterocycles. The van der Waals surface area contributed by atoms with Crippen molar-refractivity contribution in [3.63, 3.8) is 0 Å². The molecule has 0 saturated heterocycles. The van der Waals surface area contributed by atoms with Gasteiger partial charge in [0.1, 0.15) is 5.60 Å². The fourth-order valence-electron chi connectivity index (χ4n) is 2.99. The van der Waals surface area contributed by atoms with Crippen LogP contribution in [0.1, 0.15) is 59.3 Å². The molecule has 0 unspecified atom stereocenters. The van der Waals surface area contributed by atoms with Crippen molar-refractivity contribution in [2.24, 2.45) is 5.92 Å². The lowest BCUT2D eigenvalue weighted by molar-refractivity contribution is 0.0281. The lowest BCUT2D eigenvalue weighted by atomic mass is 9.85. The molecule has 6 heteroatoms. The van der Waals surface area contributed by atoms with Gasteiger partial charge in [-0.2, -0.15) is 0 Å². The van der Waals surface area contributed by atoms with Gasteiger partial charge in [0.15, 0.2) is 5.17 Å². The molecule has 2 N–H and O–H groups in total. The highest BCUT2D eigenvalue weighted by Gasteiger charge is 2.25. The second-order valence-electron chi connectivity index (χ2n) is 7.48. The summed E-state index contributed by atoms with van der Waals surface area (Å²) in [7, 11) is 1.77. The number of thioether (sulfide) groups is 1. The molecule has 0 aromatic heterocycles. The van der Waals surface area contributed by atoms with Crippen LogP contribution in [0.25, 0.3) is 0 Å². The van der Waals surface area contributed by atoms with Gasteiger partial charge in [0, 0.05) is 19.6 Å². The van der Waals surface area contributed by atoms with E-state index in [1.807, 2.05) is 27.0 Å². The summed E-state index contributed by atoms with van der Waals surface area (Å²) in [5.74, 6) is 0.697. The summed E-state index contributed by atoms with van der Waals surface area (Å²) in [4.78, 5) is 13.8. The Labute approximate surface area is 145 Å². The van der Waals surface area contributed by atoms with Gasteiger partial charge in [-0.1, -0.05) is 43.9 Å². The van der Waals surface area contributed by atoms with Gasteiger partial charge in [-0.25, -0.2) is 4.79 Å². The third-order valence-electron chi connectivity index (χ3n) is 4.08. The number of amides is 1. The fraction of sp³-hybridized carbons (Fsp3) is 0.882. The Hall–Kier alpha value is -0.910. The van der Waals surface area contributed by atoms with Gasteiger partial charge in [-0.15, -0.1) is 0 Å². The van der Waals surface area contributed by atoms with Crippen LogP contribution >= 0.6 is 11.8 Å². The Kier molecular flexibility index (Phi) is 8.23. The maximum atomic E-state index is 12.2. The molecule has 1 saturated carbocycles. The number of hydrogen-bond donors (Lipinski definition) is 2. The first-order valence-corrected chi connectivity index (χ1v) is 9.77. The average Bonchev–Trinajstić information content (AvgIpc) is 2.46. The lowest BCUT2D eigenvalue weighted by Crippen LogP contribution is -2.45. The van der Waals surface area contributed by atoms with Crippen molar-refractivity contribution in [1.29, 1.82) is 5.41 Å². The van der Waals surface area contributed by atoms with E-state index in [4.69, 9.17) is 10.1 Å². The van der Waals surface area contributed by atoms with Crippen molar-refractivity contribution in [3.8, 4) is 0 Å². The number of hydrogen-bond acceptors (Lipinski definition) is 4. The van der Waals surface area contributed by atoms with Gasteiger partial charge in [0.2, 0.25) is 0 Å². The SMILES string of the molecule is CSC(=N)N[C@@H](CC1CCCCC1)CN(C)C(=O)OC(C)(C)C. The molecule has 134 valence electrons. The normalized spacial score (nSPS) is 17.4. The molecule has 1 rings (SSSR count). The maximum Gasteiger partial charge on any atom is 0.410 e. The van der Waals surface area contributed by atoms with Gasteiger partial charge in [0.05, 0.1) is 0 Å². The smallest absolute Gasteiger partial charge is 0.410 e. The number of amidine groups is 1. The summed E-state index contributed by atoms with van der Waals surface area (Å²) in [5, 5.41) is 11.6. The summed E-state index contributed by atoms with van der Waals surface area (Å²) in [6, 6.07) is 0.107. The summed E-state index contributed by atoms with van der Waals surface area (Å²) < 4.78 is 5.42. The van der Waals surface area contributed by atoms with E-state index < -0.39 is 5.60 Å². The molecule has 5 nitrogen and oxygen atoms in total. The first kappa shape index (κ1) is 20.1. The number of nitrogens with zero attached hydrogens (tertiary/aromatic N) is 1. The predicted octanol–water partition coefficient (Wildman–Crippen LogP) is 4.08. The highest BCUT2D eigenvalue weighted by atomic mass is 32.2. The first-order chi connectivity index (χ1) is 10.7. The molecular formula is C17H33N3O2S. The van der Waals surface area contributed by atoms with Crippen LogP contribution < -0.4 is 5.32 Å². The maximum absolute atomic E-state index is 12.2. The largest absolute Gasteiger partial charge is 0.444 e. The molecule has 1 atom stereocenters. The molecule has 0 radical (unpaired) electrons. The van der Waals surface area contributed by atoms with Crippen LogP contribution in [-0.4, -0.2) is 47.7 Å². The highest BCUT2D eigenvalue weighted by molar-refractivity contribution is 8.13. The van der Waals surface area contributed by atoms with E-state index in [0.717, 1.165) is 6.42 Å². The predicted molar refractivity (Wildman–Crippen MR) is 98.2 cm³/mol. The zero-order valence-corrected chi connectivity index (χ0v) is 16.1.